The molecule has 0 unspecified atom stereocenters. The first-order chi connectivity index (χ1) is 10.6. The number of rotatable bonds is 3. The van der Waals surface area contributed by atoms with Crippen molar-refractivity contribution < 1.29 is 4.79 Å². The van der Waals surface area contributed by atoms with Gasteiger partial charge in [0.15, 0.2) is 5.82 Å². The van der Waals surface area contributed by atoms with Crippen molar-refractivity contribution in [1.82, 2.24) is 19.7 Å². The molecule has 0 bridgehead atoms. The summed E-state index contributed by atoms with van der Waals surface area (Å²) in [4.78, 5) is 20.1. The van der Waals surface area contributed by atoms with E-state index in [-0.39, 0.29) is 5.69 Å². The molecule has 5 nitrogen and oxygen atoms in total. The molecular weight excluding hydrogens is 391 g/mol. The van der Waals surface area contributed by atoms with Gasteiger partial charge >= 0.3 is 0 Å². The van der Waals surface area contributed by atoms with Gasteiger partial charge in [-0.3, -0.25) is 9.78 Å². The Morgan fingerprint density at radius 2 is 1.91 bits per heavy atom. The van der Waals surface area contributed by atoms with Gasteiger partial charge in [-0.05, 0) is 51.8 Å². The minimum Gasteiger partial charge on any atom is -0.274 e. The third-order valence-corrected chi connectivity index (χ3v) is 3.77. The van der Waals surface area contributed by atoms with E-state index in [2.05, 4.69) is 31.0 Å². The lowest BCUT2D eigenvalue weighted by Gasteiger charge is -2.10. The summed E-state index contributed by atoms with van der Waals surface area (Å²) in [5.41, 5.74) is 1.38. The van der Waals surface area contributed by atoms with Gasteiger partial charge < -0.3 is 0 Å². The Morgan fingerprint density at radius 3 is 2.64 bits per heavy atom. The van der Waals surface area contributed by atoms with E-state index in [1.54, 1.807) is 36.7 Å². The number of nitrogens with zero attached hydrogens (tertiary/aromatic N) is 4. The molecular formula is C14H7BrCl2N4O. The van der Waals surface area contributed by atoms with Crippen molar-refractivity contribution in [2.75, 3.05) is 0 Å². The summed E-state index contributed by atoms with van der Waals surface area (Å²) in [5.74, 6) is 0.415. The molecule has 22 heavy (non-hydrogen) atoms. The summed E-state index contributed by atoms with van der Waals surface area (Å²) in [6, 6.07) is 8.54. The van der Waals surface area contributed by atoms with Crippen LogP contribution in [0.4, 0.5) is 0 Å². The fraction of sp³-hybridized carbons (Fsp3) is 0. The Morgan fingerprint density at radius 1 is 1.18 bits per heavy atom. The minimum atomic E-state index is -0.637. The molecule has 8 heteroatoms. The highest BCUT2D eigenvalue weighted by Crippen LogP contribution is 2.30. The molecule has 0 atom stereocenters. The summed E-state index contributed by atoms with van der Waals surface area (Å²) < 4.78 is 1.83. The molecule has 3 heterocycles. The van der Waals surface area contributed by atoms with E-state index in [4.69, 9.17) is 23.2 Å². The van der Waals surface area contributed by atoms with E-state index >= 15 is 0 Å². The van der Waals surface area contributed by atoms with Crippen LogP contribution in [0.25, 0.3) is 17.1 Å². The average Bonchev–Trinajstić information content (AvgIpc) is 2.90. The molecule has 3 aromatic heterocycles. The number of hydrogen-bond donors (Lipinski definition) is 0. The Labute approximate surface area is 144 Å². The van der Waals surface area contributed by atoms with Crippen LogP contribution in [0.5, 0.6) is 0 Å². The van der Waals surface area contributed by atoms with E-state index in [0.717, 1.165) is 0 Å². The number of hydrogen-bond acceptors (Lipinski definition) is 4. The highest BCUT2D eigenvalue weighted by molar-refractivity contribution is 9.10. The van der Waals surface area contributed by atoms with E-state index < -0.39 is 5.24 Å². The number of halogens is 3. The SMILES string of the molecule is O=C(Cl)c1cc(Br)nn1-c1ncccc1-c1ncccc1Cl. The second-order valence-electron chi connectivity index (χ2n) is 4.25. The van der Waals surface area contributed by atoms with Gasteiger partial charge in [0.1, 0.15) is 10.3 Å². The molecule has 3 aromatic rings. The standard InChI is InChI=1S/C14H7BrCl2N4O/c15-11-7-10(13(17)22)21(20-11)14-8(3-1-6-19-14)12-9(16)4-2-5-18-12/h1-7H. The van der Waals surface area contributed by atoms with Crippen molar-refractivity contribution in [3.05, 3.63) is 58.0 Å². The van der Waals surface area contributed by atoms with Crippen LogP contribution >= 0.6 is 39.1 Å². The Bertz CT molecular complexity index is 866. The van der Waals surface area contributed by atoms with Gasteiger partial charge in [0.25, 0.3) is 5.24 Å². The largest absolute Gasteiger partial charge is 0.274 e. The average molecular weight is 398 g/mol. The van der Waals surface area contributed by atoms with E-state index in [0.29, 0.717) is 26.7 Å². The summed E-state index contributed by atoms with van der Waals surface area (Å²) >= 11 is 15.0. The maximum Gasteiger partial charge on any atom is 0.271 e. The molecule has 110 valence electrons. The van der Waals surface area contributed by atoms with Crippen LogP contribution in [0, 0.1) is 0 Å². The molecule has 0 aromatic carbocycles. The van der Waals surface area contributed by atoms with E-state index in [1.807, 2.05) is 0 Å². The summed E-state index contributed by atoms with van der Waals surface area (Å²) in [6.45, 7) is 0. The van der Waals surface area contributed by atoms with Crippen LogP contribution < -0.4 is 0 Å². The monoisotopic (exact) mass is 396 g/mol. The molecule has 0 aliphatic heterocycles. The van der Waals surface area contributed by atoms with Crippen LogP contribution in [0.15, 0.2) is 47.3 Å². The van der Waals surface area contributed by atoms with Crippen LogP contribution in [0.3, 0.4) is 0 Å². The Kier molecular flexibility index (Phi) is 4.24. The molecule has 0 aliphatic rings. The molecule has 0 saturated carbocycles. The van der Waals surface area contributed by atoms with Gasteiger partial charge in [0, 0.05) is 24.0 Å². The zero-order valence-electron chi connectivity index (χ0n) is 10.9. The van der Waals surface area contributed by atoms with Crippen LogP contribution in [0.1, 0.15) is 10.5 Å². The molecule has 0 spiro atoms. The predicted molar refractivity (Wildman–Crippen MR) is 87.5 cm³/mol. The summed E-state index contributed by atoms with van der Waals surface area (Å²) in [7, 11) is 0. The highest BCUT2D eigenvalue weighted by atomic mass is 79.9. The van der Waals surface area contributed by atoms with Crippen molar-refractivity contribution in [3.63, 3.8) is 0 Å². The zero-order valence-corrected chi connectivity index (χ0v) is 14.0. The Hall–Kier alpha value is -1.76. The van der Waals surface area contributed by atoms with Crippen molar-refractivity contribution in [2.24, 2.45) is 0 Å². The molecule has 0 amide bonds. The lowest BCUT2D eigenvalue weighted by Crippen LogP contribution is -2.08. The molecule has 0 aliphatic carbocycles. The number of aromatic nitrogens is 4. The van der Waals surface area contributed by atoms with Crippen molar-refractivity contribution in [1.29, 1.82) is 0 Å². The maximum absolute atomic E-state index is 11.6. The van der Waals surface area contributed by atoms with Crippen LogP contribution in [-0.2, 0) is 0 Å². The van der Waals surface area contributed by atoms with Crippen molar-refractivity contribution >= 4 is 44.4 Å². The van der Waals surface area contributed by atoms with Gasteiger partial charge in [-0.1, -0.05) is 11.6 Å². The molecule has 3 rings (SSSR count). The fourth-order valence-electron chi connectivity index (χ4n) is 1.99. The first kappa shape index (κ1) is 15.1. The van der Waals surface area contributed by atoms with Gasteiger partial charge in [-0.2, -0.15) is 5.10 Å². The number of pyridine rings is 2. The third kappa shape index (κ3) is 2.77. The zero-order chi connectivity index (χ0) is 15.7. The quantitative estimate of drug-likeness (QED) is 0.623. The van der Waals surface area contributed by atoms with Gasteiger partial charge in [-0.25, -0.2) is 9.67 Å². The van der Waals surface area contributed by atoms with Crippen molar-refractivity contribution in [3.8, 4) is 17.1 Å². The van der Waals surface area contributed by atoms with E-state index in [9.17, 15) is 4.79 Å². The van der Waals surface area contributed by atoms with Crippen LogP contribution in [-0.4, -0.2) is 25.0 Å². The molecule has 0 radical (unpaired) electrons. The predicted octanol–water partition coefficient (Wildman–Crippen LogP) is 4.12. The Balaban J connectivity index is 2.26. The topological polar surface area (TPSA) is 60.7 Å². The fourth-order valence-corrected chi connectivity index (χ4v) is 2.72. The molecule has 0 saturated heterocycles. The van der Waals surface area contributed by atoms with Crippen molar-refractivity contribution in [2.45, 2.75) is 0 Å². The maximum atomic E-state index is 11.6. The molecule has 0 N–H and O–H groups in total. The van der Waals surface area contributed by atoms with Gasteiger partial charge in [-0.15, -0.1) is 0 Å². The smallest absolute Gasteiger partial charge is 0.271 e. The summed E-state index contributed by atoms with van der Waals surface area (Å²) in [6.07, 6.45) is 3.22. The second kappa shape index (κ2) is 6.16. The number of carbonyl (C=O) groups is 1. The van der Waals surface area contributed by atoms with Gasteiger partial charge in [0.2, 0.25) is 0 Å². The lowest BCUT2D eigenvalue weighted by molar-refractivity contribution is 0.107. The van der Waals surface area contributed by atoms with Gasteiger partial charge in [0.05, 0.1) is 10.7 Å². The third-order valence-electron chi connectivity index (χ3n) is 2.88. The molecule has 0 fully saturated rings. The normalized spacial score (nSPS) is 10.7. The minimum absolute atomic E-state index is 0.195. The lowest BCUT2D eigenvalue weighted by atomic mass is 10.1. The first-order valence-electron chi connectivity index (χ1n) is 6.09. The van der Waals surface area contributed by atoms with Crippen LogP contribution in [0.2, 0.25) is 5.02 Å². The highest BCUT2D eigenvalue weighted by Gasteiger charge is 2.19. The van der Waals surface area contributed by atoms with E-state index in [1.165, 1.54) is 10.7 Å². The second-order valence-corrected chi connectivity index (χ2v) is 5.81. The summed E-state index contributed by atoms with van der Waals surface area (Å²) in [5, 5.41) is 4.05. The number of carbonyl (C=O) groups excluding carboxylic acids is 1. The first-order valence-corrected chi connectivity index (χ1v) is 7.64.